The third kappa shape index (κ3) is 3.28. The van der Waals surface area contributed by atoms with E-state index in [-0.39, 0.29) is 6.03 Å². The summed E-state index contributed by atoms with van der Waals surface area (Å²) in [5, 5.41) is 5.30. The summed E-state index contributed by atoms with van der Waals surface area (Å²) in [4.78, 5) is 23.6. The van der Waals surface area contributed by atoms with Crippen molar-refractivity contribution < 1.29 is 19.1 Å². The number of methoxy groups -OCH3 is 1. The standard InChI is InChI=1S/C16H18N2O4/c1-4-9-22-12-7-5-11(6-8-12)14-13(15(19)21-3)10(2)17-16(20)18-14/h4-8,14H,1,9H2,2-3H3,(H2,17,18,20)/t14-/m1/s1. The van der Waals surface area contributed by atoms with E-state index in [2.05, 4.69) is 17.2 Å². The summed E-state index contributed by atoms with van der Waals surface area (Å²) in [5.74, 6) is 0.200. The summed E-state index contributed by atoms with van der Waals surface area (Å²) in [6.07, 6.45) is 1.66. The van der Waals surface area contributed by atoms with Crippen LogP contribution in [0.5, 0.6) is 5.75 Å². The van der Waals surface area contributed by atoms with Gasteiger partial charge in [0.25, 0.3) is 0 Å². The van der Waals surface area contributed by atoms with Gasteiger partial charge >= 0.3 is 12.0 Å². The van der Waals surface area contributed by atoms with Gasteiger partial charge < -0.3 is 20.1 Å². The number of hydrogen-bond acceptors (Lipinski definition) is 4. The van der Waals surface area contributed by atoms with Crippen molar-refractivity contribution in [2.45, 2.75) is 13.0 Å². The Kier molecular flexibility index (Phi) is 4.83. The lowest BCUT2D eigenvalue weighted by atomic mass is 9.95. The molecular weight excluding hydrogens is 284 g/mol. The van der Waals surface area contributed by atoms with Crippen molar-refractivity contribution in [3.8, 4) is 5.75 Å². The first kappa shape index (κ1) is 15.6. The Morgan fingerprint density at radius 2 is 2.05 bits per heavy atom. The molecule has 0 radical (unpaired) electrons. The van der Waals surface area contributed by atoms with Crippen molar-refractivity contribution in [1.29, 1.82) is 0 Å². The molecule has 1 heterocycles. The van der Waals surface area contributed by atoms with Crippen LogP contribution in [0.3, 0.4) is 0 Å². The summed E-state index contributed by atoms with van der Waals surface area (Å²) >= 11 is 0. The molecule has 1 aliphatic rings. The Morgan fingerprint density at radius 3 is 2.64 bits per heavy atom. The molecular formula is C16H18N2O4. The molecule has 1 aromatic carbocycles. The maximum Gasteiger partial charge on any atom is 0.337 e. The van der Waals surface area contributed by atoms with Crippen LogP contribution in [0.1, 0.15) is 18.5 Å². The van der Waals surface area contributed by atoms with E-state index in [1.54, 1.807) is 37.3 Å². The predicted octanol–water partition coefficient (Wildman–Crippen LogP) is 2.05. The minimum atomic E-state index is -0.561. The van der Waals surface area contributed by atoms with E-state index in [1.807, 2.05) is 0 Å². The molecule has 116 valence electrons. The number of allylic oxidation sites excluding steroid dienone is 1. The fourth-order valence-corrected chi connectivity index (χ4v) is 2.24. The van der Waals surface area contributed by atoms with Gasteiger partial charge in [-0.05, 0) is 24.6 Å². The van der Waals surface area contributed by atoms with Crippen molar-refractivity contribution in [3.05, 3.63) is 53.8 Å². The first-order valence-electron chi connectivity index (χ1n) is 6.77. The highest BCUT2D eigenvalue weighted by Gasteiger charge is 2.31. The molecule has 6 heteroatoms. The van der Waals surface area contributed by atoms with Gasteiger partial charge in [-0.2, -0.15) is 0 Å². The molecule has 2 rings (SSSR count). The highest BCUT2D eigenvalue weighted by Crippen LogP contribution is 2.28. The zero-order valence-electron chi connectivity index (χ0n) is 12.5. The van der Waals surface area contributed by atoms with Crippen LogP contribution >= 0.6 is 0 Å². The van der Waals surface area contributed by atoms with Gasteiger partial charge in [0.2, 0.25) is 0 Å². The first-order chi connectivity index (χ1) is 10.6. The largest absolute Gasteiger partial charge is 0.490 e. The number of nitrogens with one attached hydrogen (secondary N) is 2. The Labute approximate surface area is 128 Å². The van der Waals surface area contributed by atoms with E-state index in [0.717, 1.165) is 5.56 Å². The van der Waals surface area contributed by atoms with Crippen LogP contribution in [0.2, 0.25) is 0 Å². The summed E-state index contributed by atoms with van der Waals surface area (Å²) in [7, 11) is 1.31. The Balaban J connectivity index is 2.31. The average molecular weight is 302 g/mol. The van der Waals surface area contributed by atoms with Crippen LogP contribution in [0.15, 0.2) is 48.2 Å². The zero-order chi connectivity index (χ0) is 16.1. The molecule has 0 saturated carbocycles. The normalized spacial score (nSPS) is 17.4. The predicted molar refractivity (Wildman–Crippen MR) is 81.3 cm³/mol. The van der Waals surface area contributed by atoms with E-state index < -0.39 is 12.0 Å². The highest BCUT2D eigenvalue weighted by atomic mass is 16.5. The topological polar surface area (TPSA) is 76.7 Å². The Hall–Kier alpha value is -2.76. The minimum Gasteiger partial charge on any atom is -0.490 e. The zero-order valence-corrected chi connectivity index (χ0v) is 12.5. The molecule has 1 atom stereocenters. The monoisotopic (exact) mass is 302 g/mol. The molecule has 2 amide bonds. The van der Waals surface area contributed by atoms with Gasteiger partial charge in [-0.3, -0.25) is 0 Å². The van der Waals surface area contributed by atoms with Crippen molar-refractivity contribution in [2.24, 2.45) is 0 Å². The maximum absolute atomic E-state index is 12.0. The van der Waals surface area contributed by atoms with E-state index >= 15 is 0 Å². The third-order valence-corrected chi connectivity index (χ3v) is 3.26. The van der Waals surface area contributed by atoms with Crippen LogP contribution in [0.25, 0.3) is 0 Å². The minimum absolute atomic E-state index is 0.359. The fraction of sp³-hybridized carbons (Fsp3) is 0.250. The Morgan fingerprint density at radius 1 is 1.36 bits per heavy atom. The van der Waals surface area contributed by atoms with Gasteiger partial charge in [-0.25, -0.2) is 9.59 Å². The van der Waals surface area contributed by atoms with Crippen LogP contribution in [0.4, 0.5) is 4.79 Å². The number of amides is 2. The molecule has 0 unspecified atom stereocenters. The van der Waals surface area contributed by atoms with Crippen molar-refractivity contribution in [3.63, 3.8) is 0 Å². The molecule has 0 aliphatic carbocycles. The number of carbonyl (C=O) groups excluding carboxylic acids is 2. The number of carbonyl (C=O) groups is 2. The van der Waals surface area contributed by atoms with E-state index in [1.165, 1.54) is 7.11 Å². The summed E-state index contributed by atoms with van der Waals surface area (Å²) in [5.41, 5.74) is 1.62. The van der Waals surface area contributed by atoms with Crippen molar-refractivity contribution in [1.82, 2.24) is 10.6 Å². The van der Waals surface area contributed by atoms with Gasteiger partial charge in [0.15, 0.2) is 0 Å². The number of urea groups is 1. The number of rotatable bonds is 5. The smallest absolute Gasteiger partial charge is 0.337 e. The molecule has 0 aromatic heterocycles. The molecule has 0 bridgehead atoms. The van der Waals surface area contributed by atoms with E-state index in [4.69, 9.17) is 9.47 Å². The van der Waals surface area contributed by atoms with Gasteiger partial charge in [0, 0.05) is 5.70 Å². The number of benzene rings is 1. The highest BCUT2D eigenvalue weighted by molar-refractivity contribution is 5.94. The van der Waals surface area contributed by atoms with Crippen molar-refractivity contribution in [2.75, 3.05) is 13.7 Å². The first-order valence-corrected chi connectivity index (χ1v) is 6.77. The van der Waals surface area contributed by atoms with Gasteiger partial charge in [-0.15, -0.1) is 0 Å². The van der Waals surface area contributed by atoms with E-state index in [9.17, 15) is 9.59 Å². The lowest BCUT2D eigenvalue weighted by molar-refractivity contribution is -0.136. The second-order valence-electron chi connectivity index (χ2n) is 4.73. The molecule has 1 aliphatic heterocycles. The molecule has 0 saturated heterocycles. The molecule has 1 aromatic rings. The molecule has 22 heavy (non-hydrogen) atoms. The lowest BCUT2D eigenvalue weighted by Gasteiger charge is -2.27. The van der Waals surface area contributed by atoms with Crippen LogP contribution in [0, 0.1) is 0 Å². The summed E-state index contributed by atoms with van der Waals surface area (Å²) < 4.78 is 10.2. The lowest BCUT2D eigenvalue weighted by Crippen LogP contribution is -2.45. The van der Waals surface area contributed by atoms with Crippen LogP contribution in [-0.4, -0.2) is 25.7 Å². The molecule has 2 N–H and O–H groups in total. The van der Waals surface area contributed by atoms with Crippen LogP contribution in [-0.2, 0) is 9.53 Å². The fourth-order valence-electron chi connectivity index (χ4n) is 2.24. The SMILES string of the molecule is C=CCOc1ccc([C@H]2NC(=O)NC(C)=C2C(=O)OC)cc1. The number of ether oxygens (including phenoxy) is 2. The van der Waals surface area contributed by atoms with Gasteiger partial charge in [-0.1, -0.05) is 24.8 Å². The third-order valence-electron chi connectivity index (χ3n) is 3.26. The van der Waals surface area contributed by atoms with Gasteiger partial charge in [0.1, 0.15) is 12.4 Å². The second kappa shape index (κ2) is 6.80. The van der Waals surface area contributed by atoms with E-state index in [0.29, 0.717) is 23.6 Å². The Bertz CT molecular complexity index is 620. The molecule has 0 spiro atoms. The second-order valence-corrected chi connectivity index (χ2v) is 4.73. The number of hydrogen-bond donors (Lipinski definition) is 2. The van der Waals surface area contributed by atoms with Gasteiger partial charge in [0.05, 0.1) is 18.7 Å². The van der Waals surface area contributed by atoms with Crippen molar-refractivity contribution >= 4 is 12.0 Å². The molecule has 0 fully saturated rings. The maximum atomic E-state index is 12.0. The van der Waals surface area contributed by atoms with Crippen LogP contribution < -0.4 is 15.4 Å². The molecule has 6 nitrogen and oxygen atoms in total. The summed E-state index contributed by atoms with van der Waals surface area (Å²) in [6, 6.07) is 6.22. The number of esters is 1. The average Bonchev–Trinajstić information content (AvgIpc) is 2.52. The quantitative estimate of drug-likeness (QED) is 0.644. The summed E-state index contributed by atoms with van der Waals surface area (Å²) in [6.45, 7) is 5.66.